The fourth-order valence-corrected chi connectivity index (χ4v) is 2.51. The molecule has 2 rings (SSSR count). The van der Waals surface area contributed by atoms with Crippen molar-refractivity contribution in [2.45, 2.75) is 32.7 Å². The fraction of sp³-hybridized carbons (Fsp3) is 0.692. The lowest BCUT2D eigenvalue weighted by atomic mass is 9.96. The van der Waals surface area contributed by atoms with E-state index in [4.69, 9.17) is 11.6 Å². The normalized spacial score (nSPS) is 17.4. The maximum absolute atomic E-state index is 6.12. The van der Waals surface area contributed by atoms with Gasteiger partial charge >= 0.3 is 0 Å². The van der Waals surface area contributed by atoms with Crippen LogP contribution in [0.2, 0.25) is 5.02 Å². The SMILES string of the molecule is CC(C)NCC1CCN(c2ncncc2Cl)CC1. The molecule has 1 aromatic rings. The number of nitrogens with one attached hydrogen (secondary N) is 1. The summed E-state index contributed by atoms with van der Waals surface area (Å²) in [6, 6.07) is 0.569. The summed E-state index contributed by atoms with van der Waals surface area (Å²) in [5.41, 5.74) is 0. The fourth-order valence-electron chi connectivity index (χ4n) is 2.29. The van der Waals surface area contributed by atoms with Crippen LogP contribution in [0.4, 0.5) is 5.82 Å². The topological polar surface area (TPSA) is 41.0 Å². The average molecular weight is 269 g/mol. The van der Waals surface area contributed by atoms with Crippen LogP contribution in [0.3, 0.4) is 0 Å². The van der Waals surface area contributed by atoms with Crippen LogP contribution in [0.1, 0.15) is 26.7 Å². The summed E-state index contributed by atoms with van der Waals surface area (Å²) in [7, 11) is 0. The smallest absolute Gasteiger partial charge is 0.150 e. The Labute approximate surface area is 114 Å². The zero-order valence-electron chi connectivity index (χ0n) is 11.1. The molecule has 1 aliphatic rings. The van der Waals surface area contributed by atoms with Crippen molar-refractivity contribution in [1.82, 2.24) is 15.3 Å². The Hall–Kier alpha value is -0.870. The number of piperidine rings is 1. The molecule has 1 aliphatic heterocycles. The van der Waals surface area contributed by atoms with Crippen molar-refractivity contribution in [1.29, 1.82) is 0 Å². The Kier molecular flexibility index (Phi) is 4.78. The molecule has 1 N–H and O–H groups in total. The molecule has 1 aromatic heterocycles. The molecule has 0 atom stereocenters. The molecule has 100 valence electrons. The summed E-state index contributed by atoms with van der Waals surface area (Å²) in [5.74, 6) is 1.64. The van der Waals surface area contributed by atoms with Gasteiger partial charge in [-0.2, -0.15) is 0 Å². The summed E-state index contributed by atoms with van der Waals surface area (Å²) in [4.78, 5) is 10.5. The van der Waals surface area contributed by atoms with Crippen LogP contribution < -0.4 is 10.2 Å². The zero-order valence-corrected chi connectivity index (χ0v) is 11.8. The highest BCUT2D eigenvalue weighted by Gasteiger charge is 2.21. The van der Waals surface area contributed by atoms with Crippen LogP contribution in [0.25, 0.3) is 0 Å². The number of halogens is 1. The molecule has 4 nitrogen and oxygen atoms in total. The van der Waals surface area contributed by atoms with Gasteiger partial charge in [-0.1, -0.05) is 25.4 Å². The number of nitrogens with zero attached hydrogens (tertiary/aromatic N) is 3. The van der Waals surface area contributed by atoms with Gasteiger partial charge in [-0.05, 0) is 25.3 Å². The van der Waals surface area contributed by atoms with Crippen molar-refractivity contribution in [2.24, 2.45) is 5.92 Å². The molecule has 18 heavy (non-hydrogen) atoms. The van der Waals surface area contributed by atoms with Crippen molar-refractivity contribution in [2.75, 3.05) is 24.5 Å². The third-order valence-corrected chi connectivity index (χ3v) is 3.64. The molecule has 0 unspecified atom stereocenters. The molecule has 0 bridgehead atoms. The van der Waals surface area contributed by atoms with E-state index in [1.807, 2.05) is 0 Å². The predicted molar refractivity (Wildman–Crippen MR) is 75.1 cm³/mol. The minimum absolute atomic E-state index is 0.569. The Balaban J connectivity index is 1.85. The summed E-state index contributed by atoms with van der Waals surface area (Å²) in [6.07, 6.45) is 5.62. The monoisotopic (exact) mass is 268 g/mol. The number of hydrogen-bond acceptors (Lipinski definition) is 4. The second kappa shape index (κ2) is 6.34. The number of rotatable bonds is 4. The van der Waals surface area contributed by atoms with Crippen LogP contribution in [0, 0.1) is 5.92 Å². The van der Waals surface area contributed by atoms with E-state index in [1.165, 1.54) is 12.8 Å². The standard InChI is InChI=1S/C13H21ClN4/c1-10(2)16-7-11-3-5-18(6-4-11)13-12(14)8-15-9-17-13/h8-11,16H,3-7H2,1-2H3. The highest BCUT2D eigenvalue weighted by atomic mass is 35.5. The lowest BCUT2D eigenvalue weighted by Gasteiger charge is -2.33. The first kappa shape index (κ1) is 13.6. The van der Waals surface area contributed by atoms with Gasteiger partial charge in [0.2, 0.25) is 0 Å². The van der Waals surface area contributed by atoms with Crippen LogP contribution in [-0.4, -0.2) is 35.6 Å². The summed E-state index contributed by atoms with van der Waals surface area (Å²) in [6.45, 7) is 7.55. The molecule has 2 heterocycles. The third kappa shape index (κ3) is 3.56. The van der Waals surface area contributed by atoms with E-state index in [0.29, 0.717) is 11.1 Å². The molecule has 0 radical (unpaired) electrons. The summed E-state index contributed by atoms with van der Waals surface area (Å²) in [5, 5.41) is 4.16. The van der Waals surface area contributed by atoms with Gasteiger partial charge in [-0.25, -0.2) is 9.97 Å². The molecule has 0 aromatic carbocycles. The quantitative estimate of drug-likeness (QED) is 0.910. The van der Waals surface area contributed by atoms with Crippen LogP contribution in [0.5, 0.6) is 0 Å². The highest BCUT2D eigenvalue weighted by molar-refractivity contribution is 6.32. The Morgan fingerprint density at radius 2 is 2.17 bits per heavy atom. The molecular weight excluding hydrogens is 248 g/mol. The van der Waals surface area contributed by atoms with Crippen molar-refractivity contribution < 1.29 is 0 Å². The van der Waals surface area contributed by atoms with Gasteiger partial charge in [0.1, 0.15) is 11.3 Å². The van der Waals surface area contributed by atoms with Crippen LogP contribution in [0.15, 0.2) is 12.5 Å². The lowest BCUT2D eigenvalue weighted by molar-refractivity contribution is 0.370. The summed E-state index contributed by atoms with van der Waals surface area (Å²) < 4.78 is 0. The van der Waals surface area contributed by atoms with E-state index >= 15 is 0 Å². The minimum atomic E-state index is 0.569. The molecule has 1 fully saturated rings. The largest absolute Gasteiger partial charge is 0.355 e. The van der Waals surface area contributed by atoms with Gasteiger partial charge in [-0.3, -0.25) is 0 Å². The van der Waals surface area contributed by atoms with Gasteiger partial charge in [0.15, 0.2) is 5.82 Å². The van der Waals surface area contributed by atoms with Crippen LogP contribution >= 0.6 is 11.6 Å². The van der Waals surface area contributed by atoms with Gasteiger partial charge in [0, 0.05) is 19.1 Å². The third-order valence-electron chi connectivity index (χ3n) is 3.38. The first-order valence-corrected chi connectivity index (χ1v) is 6.98. The van der Waals surface area contributed by atoms with Gasteiger partial charge in [0.25, 0.3) is 0 Å². The molecule has 1 saturated heterocycles. The van der Waals surface area contributed by atoms with E-state index in [0.717, 1.165) is 31.4 Å². The first-order valence-electron chi connectivity index (χ1n) is 6.60. The Morgan fingerprint density at radius 3 is 2.78 bits per heavy atom. The minimum Gasteiger partial charge on any atom is -0.355 e. The molecule has 0 aliphatic carbocycles. The molecule has 5 heteroatoms. The van der Waals surface area contributed by atoms with Crippen molar-refractivity contribution in [3.05, 3.63) is 17.5 Å². The maximum atomic E-state index is 6.12. The van der Waals surface area contributed by atoms with E-state index in [1.54, 1.807) is 12.5 Å². The van der Waals surface area contributed by atoms with Crippen molar-refractivity contribution in [3.63, 3.8) is 0 Å². The van der Waals surface area contributed by atoms with Crippen molar-refractivity contribution in [3.8, 4) is 0 Å². The van der Waals surface area contributed by atoms with Gasteiger partial charge in [-0.15, -0.1) is 0 Å². The molecule has 0 saturated carbocycles. The first-order chi connectivity index (χ1) is 8.66. The van der Waals surface area contributed by atoms with Gasteiger partial charge < -0.3 is 10.2 Å². The Bertz CT molecular complexity index is 375. The molecule has 0 spiro atoms. The highest BCUT2D eigenvalue weighted by Crippen LogP contribution is 2.26. The second-order valence-electron chi connectivity index (χ2n) is 5.19. The molecular formula is C13H21ClN4. The number of anilines is 1. The average Bonchev–Trinajstić information content (AvgIpc) is 2.38. The number of aromatic nitrogens is 2. The van der Waals surface area contributed by atoms with Gasteiger partial charge in [0.05, 0.1) is 6.20 Å². The maximum Gasteiger partial charge on any atom is 0.150 e. The lowest BCUT2D eigenvalue weighted by Crippen LogP contribution is -2.39. The van der Waals surface area contributed by atoms with E-state index < -0.39 is 0 Å². The second-order valence-corrected chi connectivity index (χ2v) is 5.59. The van der Waals surface area contributed by atoms with Crippen LogP contribution in [-0.2, 0) is 0 Å². The predicted octanol–water partition coefficient (Wildman–Crippen LogP) is 2.34. The van der Waals surface area contributed by atoms with E-state index in [-0.39, 0.29) is 0 Å². The zero-order chi connectivity index (χ0) is 13.0. The van der Waals surface area contributed by atoms with E-state index in [9.17, 15) is 0 Å². The number of hydrogen-bond donors (Lipinski definition) is 1. The Morgan fingerprint density at radius 1 is 1.44 bits per heavy atom. The molecule has 0 amide bonds. The van der Waals surface area contributed by atoms with Crippen molar-refractivity contribution >= 4 is 17.4 Å². The van der Waals surface area contributed by atoms with E-state index in [2.05, 4.69) is 34.0 Å². The summed E-state index contributed by atoms with van der Waals surface area (Å²) >= 11 is 6.12.